The van der Waals surface area contributed by atoms with Crippen LogP contribution in [0, 0.1) is 0 Å². The van der Waals surface area contributed by atoms with Crippen molar-refractivity contribution < 1.29 is 29.7 Å². The highest BCUT2D eigenvalue weighted by molar-refractivity contribution is 5.93. The maximum absolute atomic E-state index is 13.6. The van der Waals surface area contributed by atoms with Gasteiger partial charge in [-0.15, -0.1) is 0 Å². The number of carbonyl (C=O) groups is 3. The van der Waals surface area contributed by atoms with Gasteiger partial charge in [0.25, 0.3) is 0 Å². The second-order valence-electron chi connectivity index (χ2n) is 10.2. The number of aliphatic hydroxyl groups excluding tert-OH is 1. The van der Waals surface area contributed by atoms with Crippen LogP contribution in [0.2, 0.25) is 0 Å². The average molecular weight is 571 g/mol. The molecule has 1 heterocycles. The maximum atomic E-state index is 13.6. The number of benzene rings is 2. The number of amides is 3. The molecule has 0 fully saturated rings. The van der Waals surface area contributed by atoms with Crippen LogP contribution in [0.15, 0.2) is 36.4 Å². The van der Waals surface area contributed by atoms with Gasteiger partial charge in [0, 0.05) is 25.4 Å². The van der Waals surface area contributed by atoms with Gasteiger partial charge in [0.15, 0.2) is 0 Å². The third-order valence-corrected chi connectivity index (χ3v) is 7.34. The molecule has 0 radical (unpaired) electrons. The van der Waals surface area contributed by atoms with Crippen molar-refractivity contribution in [1.82, 2.24) is 31.9 Å². The summed E-state index contributed by atoms with van der Waals surface area (Å²) in [6, 6.07) is 6.92. The number of hydrogen-bond donors (Lipinski definition) is 9. The van der Waals surface area contributed by atoms with Gasteiger partial charge >= 0.3 is 0 Å². The summed E-state index contributed by atoms with van der Waals surface area (Å²) < 4.78 is 0. The van der Waals surface area contributed by atoms with Crippen LogP contribution in [0.5, 0.6) is 11.5 Å². The van der Waals surface area contributed by atoms with E-state index in [4.69, 9.17) is 0 Å². The van der Waals surface area contributed by atoms with Gasteiger partial charge in [-0.25, -0.2) is 0 Å². The molecule has 0 aromatic heterocycles. The van der Waals surface area contributed by atoms with Crippen molar-refractivity contribution in [3.8, 4) is 22.6 Å². The topological polar surface area (TPSA) is 184 Å². The summed E-state index contributed by atoms with van der Waals surface area (Å²) in [4.78, 5) is 40.2. The Morgan fingerprint density at radius 2 is 1.59 bits per heavy atom. The highest BCUT2D eigenvalue weighted by Gasteiger charge is 2.30. The van der Waals surface area contributed by atoms with Crippen molar-refractivity contribution in [3.63, 3.8) is 0 Å². The first kappa shape index (κ1) is 31.8. The molecule has 224 valence electrons. The lowest BCUT2D eigenvalue weighted by molar-refractivity contribution is -0.132. The van der Waals surface area contributed by atoms with Crippen LogP contribution in [0.25, 0.3) is 11.1 Å². The third-order valence-electron chi connectivity index (χ3n) is 7.34. The van der Waals surface area contributed by atoms with E-state index in [0.29, 0.717) is 30.5 Å². The van der Waals surface area contributed by atoms with Crippen LogP contribution in [-0.2, 0) is 27.2 Å². The minimum Gasteiger partial charge on any atom is -0.508 e. The maximum Gasteiger partial charge on any atom is 0.243 e. The molecule has 0 spiro atoms. The molecule has 0 unspecified atom stereocenters. The summed E-state index contributed by atoms with van der Waals surface area (Å²) in [5.74, 6) is -1.46. The van der Waals surface area contributed by atoms with Crippen LogP contribution in [0.4, 0.5) is 0 Å². The molecule has 2 aromatic carbocycles. The van der Waals surface area contributed by atoms with E-state index in [0.717, 1.165) is 11.1 Å². The number of fused-ring (bicyclic) bond motifs is 5. The molecule has 3 amide bonds. The highest BCUT2D eigenvalue weighted by atomic mass is 16.3. The molecule has 12 heteroatoms. The molecule has 3 rings (SSSR count). The van der Waals surface area contributed by atoms with Crippen molar-refractivity contribution >= 4 is 17.7 Å². The number of rotatable bonds is 10. The number of hydrogen-bond acceptors (Lipinski definition) is 9. The van der Waals surface area contributed by atoms with Gasteiger partial charge in [0.1, 0.15) is 23.6 Å². The molecule has 0 saturated carbocycles. The van der Waals surface area contributed by atoms with E-state index in [1.165, 1.54) is 6.07 Å². The molecule has 0 saturated heterocycles. The van der Waals surface area contributed by atoms with Gasteiger partial charge < -0.3 is 47.2 Å². The second-order valence-corrected chi connectivity index (χ2v) is 10.2. The number of nitrogens with one attached hydrogen (secondary N) is 6. The van der Waals surface area contributed by atoms with E-state index in [2.05, 4.69) is 31.9 Å². The van der Waals surface area contributed by atoms with Crippen LogP contribution < -0.4 is 31.9 Å². The number of carbonyl (C=O) groups excluding carboxylic acids is 3. The van der Waals surface area contributed by atoms with Crippen molar-refractivity contribution in [1.29, 1.82) is 0 Å². The Bertz CT molecular complexity index is 1200. The summed E-state index contributed by atoms with van der Waals surface area (Å²) >= 11 is 0. The molecule has 2 aromatic rings. The first-order chi connectivity index (χ1) is 19.7. The summed E-state index contributed by atoms with van der Waals surface area (Å²) in [6.45, 7) is 0.539. The molecule has 12 nitrogen and oxygen atoms in total. The van der Waals surface area contributed by atoms with Gasteiger partial charge in [0.05, 0.1) is 12.6 Å². The lowest BCUT2D eigenvalue weighted by atomic mass is 9.95. The molecule has 1 aliphatic rings. The third kappa shape index (κ3) is 8.64. The van der Waals surface area contributed by atoms with E-state index in [9.17, 15) is 29.7 Å². The zero-order valence-electron chi connectivity index (χ0n) is 23.8. The molecule has 9 N–H and O–H groups in total. The van der Waals surface area contributed by atoms with E-state index in [-0.39, 0.29) is 43.5 Å². The highest BCUT2D eigenvalue weighted by Crippen LogP contribution is 2.31. The average Bonchev–Trinajstić information content (AvgIpc) is 2.96. The van der Waals surface area contributed by atoms with Gasteiger partial charge in [0.2, 0.25) is 17.7 Å². The first-order valence-electron chi connectivity index (χ1n) is 13.8. The Kier molecular flexibility index (Phi) is 11.9. The molecule has 4 atom stereocenters. The SMILES string of the molecule is CNCCC[C@@H]1NC(=O)[C@@H](NC)Cc2cc(ccc2O)-c2ccc(O)c(c2)C[C@@H](C(=O)NC[C@@H](CO)NC)NC1=O. The zero-order chi connectivity index (χ0) is 29.9. The zero-order valence-corrected chi connectivity index (χ0v) is 23.8. The Morgan fingerprint density at radius 3 is 2.15 bits per heavy atom. The van der Waals surface area contributed by atoms with E-state index in [1.807, 2.05) is 0 Å². The Labute approximate surface area is 240 Å². The van der Waals surface area contributed by atoms with Crippen LogP contribution >= 0.6 is 0 Å². The normalized spacial score (nSPS) is 20.2. The minimum atomic E-state index is -1.08. The molecular formula is C29H42N6O6. The van der Waals surface area contributed by atoms with Crippen LogP contribution in [-0.4, -0.2) is 98.0 Å². The number of aliphatic hydroxyl groups is 1. The van der Waals surface area contributed by atoms with E-state index < -0.39 is 35.8 Å². The van der Waals surface area contributed by atoms with Gasteiger partial charge in [-0.3, -0.25) is 14.4 Å². The van der Waals surface area contributed by atoms with Crippen molar-refractivity contribution in [3.05, 3.63) is 47.5 Å². The smallest absolute Gasteiger partial charge is 0.243 e. The van der Waals surface area contributed by atoms with E-state index >= 15 is 0 Å². The summed E-state index contributed by atoms with van der Waals surface area (Å²) in [5, 5.41) is 48.0. The second kappa shape index (κ2) is 15.3. The Morgan fingerprint density at radius 1 is 0.951 bits per heavy atom. The number of aromatic hydroxyl groups is 2. The number of likely N-dealkylation sites (N-methyl/N-ethyl adjacent to an activating group) is 2. The quantitative estimate of drug-likeness (QED) is 0.164. The number of phenolic OH excluding ortho intramolecular Hbond substituents is 2. The van der Waals surface area contributed by atoms with Crippen molar-refractivity contribution in [2.75, 3.05) is 40.8 Å². The molecular weight excluding hydrogens is 528 g/mol. The van der Waals surface area contributed by atoms with E-state index in [1.54, 1.807) is 51.5 Å². The minimum absolute atomic E-state index is 0.0259. The lowest BCUT2D eigenvalue weighted by Gasteiger charge is -2.26. The van der Waals surface area contributed by atoms with Gasteiger partial charge in [-0.05, 0) is 87.0 Å². The predicted molar refractivity (Wildman–Crippen MR) is 155 cm³/mol. The Balaban J connectivity index is 2.06. The summed E-state index contributed by atoms with van der Waals surface area (Å²) in [7, 11) is 5.08. The fraction of sp³-hybridized carbons (Fsp3) is 0.483. The summed E-state index contributed by atoms with van der Waals surface area (Å²) in [6.07, 6.45) is 1.04. The molecule has 1 aliphatic heterocycles. The molecule has 41 heavy (non-hydrogen) atoms. The van der Waals surface area contributed by atoms with Crippen molar-refractivity contribution in [2.24, 2.45) is 0 Å². The Hall–Kier alpha value is -3.71. The summed E-state index contributed by atoms with van der Waals surface area (Å²) in [5.41, 5.74) is 2.45. The predicted octanol–water partition coefficient (Wildman–Crippen LogP) is -0.883. The van der Waals surface area contributed by atoms with Crippen molar-refractivity contribution in [2.45, 2.75) is 49.9 Å². The fourth-order valence-corrected chi connectivity index (χ4v) is 4.73. The van der Waals surface area contributed by atoms with Crippen LogP contribution in [0.3, 0.4) is 0 Å². The van der Waals surface area contributed by atoms with Gasteiger partial charge in [-0.1, -0.05) is 12.1 Å². The molecule has 0 aliphatic carbocycles. The number of phenols is 2. The first-order valence-corrected chi connectivity index (χ1v) is 13.8. The standard InChI is InChI=1S/C29H42N6O6/c1-30-10-4-5-22-28(40)35-24(27(39)33-15-21(16-36)31-2)14-20-12-18(7-9-26(20)38)17-6-8-25(37)19(11-17)13-23(32-3)29(41)34-22/h6-9,11-12,21-24,30-32,36-38H,4-5,10,13-16H2,1-3H3,(H,33,39)(H,34,41)(H,35,40)/t21-,22-,23-,24-/m0/s1. The largest absolute Gasteiger partial charge is 0.508 e. The lowest BCUT2D eigenvalue weighted by Crippen LogP contribution is -2.57. The van der Waals surface area contributed by atoms with Crippen LogP contribution in [0.1, 0.15) is 24.0 Å². The fourth-order valence-electron chi connectivity index (χ4n) is 4.73. The monoisotopic (exact) mass is 570 g/mol. The van der Waals surface area contributed by atoms with Gasteiger partial charge in [-0.2, -0.15) is 0 Å². The molecule has 4 bridgehead atoms.